The molecule has 0 aromatic carbocycles. The summed E-state index contributed by atoms with van der Waals surface area (Å²) in [6, 6.07) is -6.73. The standard InChI is InChI=1S/C12H21N3O6.C9H13NO5.C9H15NO3S.2C6H14N4O2.C4H7NO4.C4H6O2S2/c13-7(10(16)17)1-4-14-8(11(18)19)2-5-15-6-3-9(15)12(20)21;11-7(3-4-8(12)13)10-5-1-2-6(10)9(14)15;1-6(5-14)8(11)10-4-2-3-7(10)9(12)13;2*7-4(5(11)12)2-1-3-10-6(8)9;5-2(4(8)9)1-3(6)7;5-4(6)3-1-7-8-2-3/h7-9,14H,1-6,13H2,(H,16,17)(H,18,19)(H,20,21);6H,1-5H2,(H,12,13)(H,14,15);6-7,14H,2-5H2,1H3,(H,12,13);2*4H,1-3,7H2,(H,11,12)(H4,8,9,10);2H,1,5H2,(H,6,7)(H,8,9);3H,1-2H2,(H,5,6)/t7-,8-,9-;6-;6-,7+;2*4-;2-;/m001100./s1. The fourth-order valence-corrected chi connectivity index (χ4v) is 10.4. The van der Waals surface area contributed by atoms with Crippen LogP contribution in [0.5, 0.6) is 0 Å². The van der Waals surface area contributed by atoms with E-state index in [1.54, 1.807) is 33.4 Å². The molecule has 38 nitrogen and oxygen atoms in total. The molecule has 0 saturated carbocycles. The molecule has 0 radical (unpaired) electrons. The van der Waals surface area contributed by atoms with E-state index in [9.17, 15) is 62.3 Å². The maximum absolute atomic E-state index is 11.7. The highest BCUT2D eigenvalue weighted by Gasteiger charge is 2.37. The van der Waals surface area contributed by atoms with Gasteiger partial charge in [0.2, 0.25) is 11.8 Å². The Kier molecular flexibility index (Phi) is 47.4. The van der Waals surface area contributed by atoms with Crippen molar-refractivity contribution in [2.45, 2.75) is 145 Å². The summed E-state index contributed by atoms with van der Waals surface area (Å²) in [6.45, 7) is 4.77. The minimum Gasteiger partial charge on any atom is -0.481 e. The van der Waals surface area contributed by atoms with Gasteiger partial charge in [-0.15, -0.1) is 0 Å². The van der Waals surface area contributed by atoms with Crippen LogP contribution in [0.3, 0.4) is 0 Å². The van der Waals surface area contributed by atoms with E-state index in [2.05, 4.69) is 27.9 Å². The van der Waals surface area contributed by atoms with E-state index in [0.29, 0.717) is 96.4 Å². The van der Waals surface area contributed by atoms with Crippen LogP contribution in [0.4, 0.5) is 0 Å². The molecule has 91 heavy (non-hydrogen) atoms. The second-order valence-corrected chi connectivity index (χ2v) is 23.0. The highest BCUT2D eigenvalue weighted by molar-refractivity contribution is 8.77. The van der Waals surface area contributed by atoms with Gasteiger partial charge in [-0.3, -0.25) is 67.6 Å². The summed E-state index contributed by atoms with van der Waals surface area (Å²) in [5.74, 6) is -9.92. The number of carbonyl (C=O) groups excluding carboxylic acids is 2. The molecule has 0 aromatic rings. The number of aliphatic imine (C=N–C) groups is 2. The minimum atomic E-state index is -1.29. The number of rotatable bonds is 31. The third-order valence-electron chi connectivity index (χ3n) is 12.8. The van der Waals surface area contributed by atoms with Crippen molar-refractivity contribution in [3.8, 4) is 0 Å². The number of likely N-dealkylation sites (tertiary alicyclic amines) is 3. The van der Waals surface area contributed by atoms with Gasteiger partial charge >= 0.3 is 65.7 Å². The van der Waals surface area contributed by atoms with Crippen molar-refractivity contribution in [3.63, 3.8) is 0 Å². The predicted molar refractivity (Wildman–Crippen MR) is 331 cm³/mol. The van der Waals surface area contributed by atoms with Crippen LogP contribution in [0.2, 0.25) is 0 Å². The van der Waals surface area contributed by atoms with E-state index in [1.165, 1.54) is 9.80 Å². The number of hydrogen-bond acceptors (Lipinski definition) is 24. The lowest BCUT2D eigenvalue weighted by molar-refractivity contribution is -0.149. The zero-order valence-electron chi connectivity index (χ0n) is 50.1. The van der Waals surface area contributed by atoms with Gasteiger partial charge in [0.15, 0.2) is 11.9 Å². The quantitative estimate of drug-likeness (QED) is 0.0103. The Morgan fingerprint density at radius 2 is 0.956 bits per heavy atom. The third-order valence-corrected chi connectivity index (χ3v) is 15.9. The van der Waals surface area contributed by atoms with Gasteiger partial charge in [-0.05, 0) is 77.2 Å². The highest BCUT2D eigenvalue weighted by Crippen LogP contribution is 2.34. The van der Waals surface area contributed by atoms with E-state index in [1.807, 2.05) is 0 Å². The van der Waals surface area contributed by atoms with Gasteiger partial charge in [-0.2, -0.15) is 12.6 Å². The first kappa shape index (κ1) is 87.7. The molecule has 0 spiro atoms. The van der Waals surface area contributed by atoms with Crippen molar-refractivity contribution in [1.82, 2.24) is 20.0 Å². The summed E-state index contributed by atoms with van der Waals surface area (Å²) >= 11 is 4.03. The SMILES string of the molecule is C[C@H](CS)C(=O)N1CCC[C@H]1C(=O)O.NC(N)=NCCC[C@@H](N)C(=O)O.NC(N)=NCCC[C@H](N)C(=O)O.N[C@@H](CC(=O)O)C(=O)O.N[C@@H](CCN[C@@H](CCN1CC[C@H]1C(=O)O)C(=O)O)C(=O)O.O=C(O)C1CSSC1.O=C(O)CCC(=O)N1CCC[C@H]1C(=O)O. The number of aliphatic carboxylic acids is 11. The van der Waals surface area contributed by atoms with Gasteiger partial charge in [0.1, 0.15) is 48.3 Å². The van der Waals surface area contributed by atoms with Crippen molar-refractivity contribution >= 4 is 124 Å². The second-order valence-electron chi connectivity index (χ2n) is 20.1. The van der Waals surface area contributed by atoms with E-state index in [0.717, 1.165) is 17.9 Å². The van der Waals surface area contributed by atoms with E-state index >= 15 is 0 Å². The van der Waals surface area contributed by atoms with Crippen molar-refractivity contribution < 1.29 is 119 Å². The number of amides is 2. The lowest BCUT2D eigenvalue weighted by Gasteiger charge is -2.38. The third kappa shape index (κ3) is 42.2. The number of guanidine groups is 2. The van der Waals surface area contributed by atoms with Crippen LogP contribution in [-0.4, -0.2) is 272 Å². The molecule has 4 saturated heterocycles. The molecule has 0 bridgehead atoms. The summed E-state index contributed by atoms with van der Waals surface area (Å²) in [5.41, 5.74) is 40.8. The molecule has 0 aromatic heterocycles. The molecule has 9 atom stereocenters. The van der Waals surface area contributed by atoms with Gasteiger partial charge in [-0.1, -0.05) is 28.5 Å². The number of carboxylic acid groups (broad SMARTS) is 11. The van der Waals surface area contributed by atoms with Crippen LogP contribution < -0.4 is 51.2 Å². The Morgan fingerprint density at radius 1 is 0.527 bits per heavy atom. The summed E-state index contributed by atoms with van der Waals surface area (Å²) in [5, 5.41) is 96.6. The topological polar surface area (TPSA) is 699 Å². The van der Waals surface area contributed by atoms with Crippen LogP contribution in [-0.2, 0) is 62.3 Å². The molecule has 522 valence electrons. The summed E-state index contributed by atoms with van der Waals surface area (Å²) in [6.07, 6.45) is 4.42. The van der Waals surface area contributed by atoms with Crippen LogP contribution >= 0.6 is 34.2 Å². The molecule has 0 unspecified atom stereocenters. The molecular formula is C50H90N14O24S3. The van der Waals surface area contributed by atoms with Crippen molar-refractivity contribution in [2.75, 3.05) is 63.1 Å². The molecule has 2 amide bonds. The largest absolute Gasteiger partial charge is 0.481 e. The van der Waals surface area contributed by atoms with Crippen molar-refractivity contribution in [2.24, 2.45) is 67.7 Å². The van der Waals surface area contributed by atoms with Gasteiger partial charge in [0.05, 0.1) is 18.8 Å². The van der Waals surface area contributed by atoms with Gasteiger partial charge in [0.25, 0.3) is 0 Å². The summed E-state index contributed by atoms with van der Waals surface area (Å²) in [7, 11) is 3.29. The zero-order chi connectivity index (χ0) is 70.7. The zero-order valence-corrected chi connectivity index (χ0v) is 52.6. The molecule has 4 aliphatic rings. The number of carbonyl (C=O) groups is 13. The van der Waals surface area contributed by atoms with E-state index < -0.39 is 120 Å². The van der Waals surface area contributed by atoms with Crippen molar-refractivity contribution in [1.29, 1.82) is 0 Å². The molecule has 4 fully saturated rings. The van der Waals surface area contributed by atoms with Crippen LogP contribution in [0.25, 0.3) is 0 Å². The number of nitrogens with two attached hydrogens (primary N) is 8. The highest BCUT2D eigenvalue weighted by atomic mass is 33.1. The second kappa shape index (κ2) is 49.2. The Hall–Kier alpha value is -7.54. The van der Waals surface area contributed by atoms with Gasteiger partial charge in [0, 0.05) is 68.9 Å². The number of hydrogen-bond donors (Lipinski definition) is 21. The minimum absolute atomic E-state index is 0.0129. The lowest BCUT2D eigenvalue weighted by atomic mass is 10.0. The summed E-state index contributed by atoms with van der Waals surface area (Å²) < 4.78 is 0. The van der Waals surface area contributed by atoms with E-state index in [4.69, 9.17) is 102 Å². The molecule has 4 rings (SSSR count). The lowest BCUT2D eigenvalue weighted by Crippen LogP contribution is -2.54. The number of nitrogens with zero attached hydrogens (tertiary/aromatic N) is 5. The predicted octanol–water partition coefficient (Wildman–Crippen LogP) is -4.21. The first-order valence-corrected chi connectivity index (χ1v) is 31.0. The number of thiol groups is 1. The Balaban J connectivity index is -0.00000101. The van der Waals surface area contributed by atoms with E-state index in [-0.39, 0.29) is 67.8 Å². The number of nitrogens with one attached hydrogen (secondary N) is 1. The van der Waals surface area contributed by atoms with Crippen LogP contribution in [0, 0.1) is 11.8 Å². The first-order valence-electron chi connectivity index (χ1n) is 27.9. The summed E-state index contributed by atoms with van der Waals surface area (Å²) in [4.78, 5) is 149. The Morgan fingerprint density at radius 3 is 1.29 bits per heavy atom. The number of carboxylic acids is 11. The van der Waals surface area contributed by atoms with Crippen molar-refractivity contribution in [3.05, 3.63) is 0 Å². The van der Waals surface area contributed by atoms with Gasteiger partial charge < -0.3 is 117 Å². The maximum atomic E-state index is 11.7. The smallest absolute Gasteiger partial charge is 0.326 e. The molecule has 4 aliphatic heterocycles. The monoisotopic (exact) mass is 1370 g/mol. The van der Waals surface area contributed by atoms with Gasteiger partial charge in [-0.25, -0.2) is 9.59 Å². The van der Waals surface area contributed by atoms with Crippen LogP contribution in [0.15, 0.2) is 9.98 Å². The average molecular weight is 1370 g/mol. The Bertz CT molecular complexity index is 2370. The normalized spacial score (nSPS) is 18.2. The molecular weight excluding hydrogens is 1280 g/mol. The first-order chi connectivity index (χ1) is 42.3. The molecule has 4 heterocycles. The average Bonchev–Trinajstić information content (AvgIpc) is 2.24. The maximum Gasteiger partial charge on any atom is 0.326 e. The van der Waals surface area contributed by atoms with Crippen LogP contribution in [0.1, 0.15) is 96.8 Å². The fraction of sp³-hybridized carbons (Fsp3) is 0.700. The molecule has 0 aliphatic carbocycles. The molecule has 28 N–H and O–H groups in total. The fourth-order valence-electron chi connectivity index (χ4n) is 7.47. The molecule has 41 heteroatoms. The Labute approximate surface area is 536 Å².